The molecule has 19 heavy (non-hydrogen) atoms. The summed E-state index contributed by atoms with van der Waals surface area (Å²) in [6, 6.07) is 5.58. The molecule has 1 aromatic heterocycles. The first-order valence-corrected chi connectivity index (χ1v) is 7.22. The summed E-state index contributed by atoms with van der Waals surface area (Å²) in [6.45, 7) is 3.63. The number of nitrogens with one attached hydrogen (secondary N) is 1. The number of carbonyl (C=O) groups excluding carboxylic acids is 1. The lowest BCUT2D eigenvalue weighted by molar-refractivity contribution is -0.115. The lowest BCUT2D eigenvalue weighted by Crippen LogP contribution is -2.15. The normalized spacial score (nSPS) is 10.5. The minimum absolute atomic E-state index is 0.0996. The van der Waals surface area contributed by atoms with Crippen LogP contribution < -0.4 is 5.32 Å². The highest BCUT2D eigenvalue weighted by molar-refractivity contribution is 9.11. The molecule has 1 amide bonds. The lowest BCUT2D eigenvalue weighted by atomic mass is 10.1. The molecular formula is C13H12Br2N2O2. The summed E-state index contributed by atoms with van der Waals surface area (Å²) in [5.74, 6) is 0.583. The van der Waals surface area contributed by atoms with Gasteiger partial charge in [-0.2, -0.15) is 0 Å². The van der Waals surface area contributed by atoms with Gasteiger partial charge in [-0.25, -0.2) is 0 Å². The number of benzene rings is 1. The molecule has 0 aliphatic rings. The van der Waals surface area contributed by atoms with Gasteiger partial charge in [-0.15, -0.1) is 0 Å². The third kappa shape index (κ3) is 3.45. The number of carbonyl (C=O) groups is 1. The first-order valence-electron chi connectivity index (χ1n) is 5.64. The first kappa shape index (κ1) is 14.3. The number of anilines is 1. The average Bonchev–Trinajstić information content (AvgIpc) is 2.65. The minimum atomic E-state index is -0.0996. The first-order chi connectivity index (χ1) is 8.97. The van der Waals surface area contributed by atoms with Crippen LogP contribution in [0.1, 0.15) is 17.0 Å². The maximum atomic E-state index is 12.0. The van der Waals surface area contributed by atoms with Crippen molar-refractivity contribution in [1.29, 1.82) is 0 Å². The number of aromatic nitrogens is 1. The molecule has 6 heteroatoms. The number of rotatable bonds is 3. The topological polar surface area (TPSA) is 55.1 Å². The molecular weight excluding hydrogens is 376 g/mol. The molecule has 100 valence electrons. The van der Waals surface area contributed by atoms with E-state index >= 15 is 0 Å². The Balaban J connectivity index is 2.10. The maximum Gasteiger partial charge on any atom is 0.229 e. The molecule has 0 saturated heterocycles. The van der Waals surface area contributed by atoms with Crippen LogP contribution in [0.5, 0.6) is 0 Å². The van der Waals surface area contributed by atoms with E-state index in [1.807, 2.05) is 25.1 Å². The zero-order valence-corrected chi connectivity index (χ0v) is 13.6. The third-order valence-electron chi connectivity index (χ3n) is 2.72. The van der Waals surface area contributed by atoms with Crippen molar-refractivity contribution in [2.75, 3.05) is 5.32 Å². The Morgan fingerprint density at radius 1 is 1.37 bits per heavy atom. The quantitative estimate of drug-likeness (QED) is 0.865. The van der Waals surface area contributed by atoms with Crippen molar-refractivity contribution in [1.82, 2.24) is 5.16 Å². The zero-order chi connectivity index (χ0) is 14.0. The van der Waals surface area contributed by atoms with Crippen molar-refractivity contribution in [3.63, 3.8) is 0 Å². The van der Waals surface area contributed by atoms with Gasteiger partial charge in [0.15, 0.2) is 0 Å². The number of amides is 1. The molecule has 0 atom stereocenters. The van der Waals surface area contributed by atoms with Gasteiger partial charge in [0.1, 0.15) is 5.76 Å². The molecule has 0 fully saturated rings. The second-order valence-corrected chi connectivity index (χ2v) is 5.92. The molecule has 1 aromatic carbocycles. The highest BCUT2D eigenvalue weighted by Crippen LogP contribution is 2.26. The van der Waals surface area contributed by atoms with Crippen molar-refractivity contribution in [3.8, 4) is 0 Å². The van der Waals surface area contributed by atoms with Crippen molar-refractivity contribution in [2.24, 2.45) is 0 Å². The molecule has 0 saturated carbocycles. The zero-order valence-electron chi connectivity index (χ0n) is 10.5. The van der Waals surface area contributed by atoms with Crippen LogP contribution in [0.15, 0.2) is 31.7 Å². The average molecular weight is 388 g/mol. The Hall–Kier alpha value is -1.14. The fraction of sp³-hybridized carbons (Fsp3) is 0.231. The summed E-state index contributed by atoms with van der Waals surface area (Å²) in [6.07, 6.45) is 0.254. The Bertz CT molecular complexity index is 604. The van der Waals surface area contributed by atoms with Gasteiger partial charge in [0.25, 0.3) is 0 Å². The van der Waals surface area contributed by atoms with Gasteiger partial charge in [0.05, 0.1) is 17.8 Å². The maximum absolute atomic E-state index is 12.0. The summed E-state index contributed by atoms with van der Waals surface area (Å²) in [4.78, 5) is 12.0. The fourth-order valence-corrected chi connectivity index (χ4v) is 2.85. The number of aryl methyl sites for hydroxylation is 2. The van der Waals surface area contributed by atoms with Crippen LogP contribution in [-0.4, -0.2) is 11.1 Å². The van der Waals surface area contributed by atoms with Crippen LogP contribution in [-0.2, 0) is 11.2 Å². The van der Waals surface area contributed by atoms with Gasteiger partial charge < -0.3 is 9.84 Å². The van der Waals surface area contributed by atoms with Crippen LogP contribution in [0.3, 0.4) is 0 Å². The number of hydrogen-bond donors (Lipinski definition) is 1. The van der Waals surface area contributed by atoms with E-state index in [0.29, 0.717) is 5.76 Å². The van der Waals surface area contributed by atoms with Gasteiger partial charge in [-0.05, 0) is 48.0 Å². The van der Waals surface area contributed by atoms with Crippen LogP contribution in [0.4, 0.5) is 5.69 Å². The molecule has 2 rings (SSSR count). The minimum Gasteiger partial charge on any atom is -0.361 e. The van der Waals surface area contributed by atoms with E-state index in [2.05, 4.69) is 42.3 Å². The van der Waals surface area contributed by atoms with E-state index in [0.717, 1.165) is 25.9 Å². The summed E-state index contributed by atoms with van der Waals surface area (Å²) >= 11 is 6.77. The lowest BCUT2D eigenvalue weighted by Gasteiger charge is -2.07. The van der Waals surface area contributed by atoms with E-state index < -0.39 is 0 Å². The van der Waals surface area contributed by atoms with Crippen molar-refractivity contribution in [3.05, 3.63) is 44.2 Å². The molecule has 0 radical (unpaired) electrons. The Morgan fingerprint density at radius 3 is 2.68 bits per heavy atom. The Kier molecular flexibility index (Phi) is 4.42. The molecule has 0 spiro atoms. The molecule has 4 nitrogen and oxygen atoms in total. The Labute approximate surface area is 127 Å². The van der Waals surface area contributed by atoms with Gasteiger partial charge in [-0.1, -0.05) is 21.1 Å². The van der Waals surface area contributed by atoms with Crippen molar-refractivity contribution in [2.45, 2.75) is 20.3 Å². The fourth-order valence-electron chi connectivity index (χ4n) is 1.70. The van der Waals surface area contributed by atoms with E-state index in [-0.39, 0.29) is 12.3 Å². The van der Waals surface area contributed by atoms with E-state index in [9.17, 15) is 4.79 Å². The summed E-state index contributed by atoms with van der Waals surface area (Å²) in [5, 5.41) is 6.69. The van der Waals surface area contributed by atoms with Gasteiger partial charge >= 0.3 is 0 Å². The molecule has 1 N–H and O–H groups in total. The van der Waals surface area contributed by atoms with Gasteiger partial charge in [-0.3, -0.25) is 4.79 Å². The van der Waals surface area contributed by atoms with E-state index in [1.165, 1.54) is 0 Å². The molecule has 0 aliphatic heterocycles. The highest BCUT2D eigenvalue weighted by Gasteiger charge is 2.14. The second kappa shape index (κ2) is 5.88. The molecule has 0 unspecified atom stereocenters. The highest BCUT2D eigenvalue weighted by atomic mass is 79.9. The van der Waals surface area contributed by atoms with Gasteiger partial charge in [0.2, 0.25) is 5.91 Å². The smallest absolute Gasteiger partial charge is 0.229 e. The molecule has 0 aliphatic carbocycles. The summed E-state index contributed by atoms with van der Waals surface area (Å²) in [7, 11) is 0. The summed E-state index contributed by atoms with van der Waals surface area (Å²) in [5.41, 5.74) is 2.33. The number of nitrogens with zero attached hydrogens (tertiary/aromatic N) is 1. The van der Waals surface area contributed by atoms with E-state index in [1.54, 1.807) is 6.92 Å². The largest absolute Gasteiger partial charge is 0.361 e. The van der Waals surface area contributed by atoms with Gasteiger partial charge in [0, 0.05) is 14.5 Å². The van der Waals surface area contributed by atoms with Crippen LogP contribution in [0, 0.1) is 13.8 Å². The number of hydrogen-bond acceptors (Lipinski definition) is 3. The standard InChI is InChI=1S/C13H12Br2N2O2/c1-7-10(8(2)19-17-7)6-13(18)16-12-4-3-9(14)5-11(12)15/h3-5H,6H2,1-2H3,(H,16,18). The summed E-state index contributed by atoms with van der Waals surface area (Å²) < 4.78 is 6.82. The van der Waals surface area contributed by atoms with Crippen LogP contribution in [0.25, 0.3) is 0 Å². The molecule has 2 aromatic rings. The predicted molar refractivity (Wildman–Crippen MR) is 80.2 cm³/mol. The third-order valence-corrected chi connectivity index (χ3v) is 3.87. The Morgan fingerprint density at radius 2 is 2.11 bits per heavy atom. The van der Waals surface area contributed by atoms with E-state index in [4.69, 9.17) is 4.52 Å². The second-order valence-electron chi connectivity index (χ2n) is 4.15. The van der Waals surface area contributed by atoms with Crippen LogP contribution >= 0.6 is 31.9 Å². The number of halogens is 2. The SMILES string of the molecule is Cc1noc(C)c1CC(=O)Nc1ccc(Br)cc1Br. The monoisotopic (exact) mass is 386 g/mol. The van der Waals surface area contributed by atoms with Crippen LogP contribution in [0.2, 0.25) is 0 Å². The van der Waals surface area contributed by atoms with Crippen molar-refractivity contribution < 1.29 is 9.32 Å². The molecule has 0 bridgehead atoms. The predicted octanol–water partition coefficient (Wildman–Crippen LogP) is 4.00. The molecule has 1 heterocycles. The van der Waals surface area contributed by atoms with Crippen molar-refractivity contribution >= 4 is 43.5 Å².